The molecule has 2 aromatic rings. The first-order valence-electron chi connectivity index (χ1n) is 5.97. The van der Waals surface area contributed by atoms with Crippen LogP contribution in [0, 0.1) is 5.92 Å². The third-order valence-corrected chi connectivity index (χ3v) is 3.39. The number of nitrogens with zero attached hydrogens (tertiary/aromatic N) is 4. The van der Waals surface area contributed by atoms with Gasteiger partial charge in [-0.1, -0.05) is 0 Å². The van der Waals surface area contributed by atoms with E-state index in [-0.39, 0.29) is 12.5 Å². The predicted octanol–water partition coefficient (Wildman–Crippen LogP) is 0.343. The molecule has 19 heavy (non-hydrogen) atoms. The number of rotatable bonds is 4. The molecule has 0 bridgehead atoms. The van der Waals surface area contributed by atoms with Crippen molar-refractivity contribution in [3.63, 3.8) is 0 Å². The van der Waals surface area contributed by atoms with Crippen molar-refractivity contribution in [3.8, 4) is 0 Å². The summed E-state index contributed by atoms with van der Waals surface area (Å²) in [5.41, 5.74) is 1.19. The van der Waals surface area contributed by atoms with Crippen LogP contribution in [0.1, 0.15) is 6.23 Å². The van der Waals surface area contributed by atoms with Crippen LogP contribution >= 0.6 is 0 Å². The summed E-state index contributed by atoms with van der Waals surface area (Å²) in [5.74, 6) is 0.231. The Balaban J connectivity index is 1.98. The van der Waals surface area contributed by atoms with Crippen molar-refractivity contribution in [3.05, 3.63) is 12.7 Å². The summed E-state index contributed by atoms with van der Waals surface area (Å²) in [4.78, 5) is 12.4. The van der Waals surface area contributed by atoms with Crippen LogP contribution in [0.15, 0.2) is 12.7 Å². The summed E-state index contributed by atoms with van der Waals surface area (Å²) in [7, 11) is 1.74. The molecule has 3 unspecified atom stereocenters. The quantitative estimate of drug-likeness (QED) is 0.831. The second-order valence-corrected chi connectivity index (χ2v) is 4.36. The number of hydrogen-bond donors (Lipinski definition) is 2. The van der Waals surface area contributed by atoms with E-state index in [1.165, 1.54) is 6.33 Å². The monoisotopic (exact) mass is 267 g/mol. The molecule has 0 amide bonds. The molecule has 102 valence electrons. The topological polar surface area (TPSA) is 85.1 Å². The Morgan fingerprint density at radius 2 is 2.32 bits per heavy atom. The van der Waals surface area contributed by atoms with E-state index in [1.807, 2.05) is 0 Å². The van der Waals surface area contributed by atoms with Gasteiger partial charge in [-0.3, -0.25) is 8.96 Å². The number of aliphatic hydroxyl groups is 1. The molecule has 8 heteroatoms. The number of aromatic nitrogens is 4. The van der Waals surface area contributed by atoms with E-state index in [0.29, 0.717) is 17.0 Å². The molecule has 0 spiro atoms. The number of alkyl halides is 1. The summed E-state index contributed by atoms with van der Waals surface area (Å²) in [6.07, 6.45) is 2.03. The molecule has 0 saturated carbocycles. The lowest BCUT2D eigenvalue weighted by atomic mass is 9.96. The van der Waals surface area contributed by atoms with Gasteiger partial charge in [-0.2, -0.15) is 0 Å². The fraction of sp³-hybridized carbons (Fsp3) is 0.545. The number of hydrogen-bond acceptors (Lipinski definition) is 6. The van der Waals surface area contributed by atoms with Crippen LogP contribution in [0.2, 0.25) is 0 Å². The summed E-state index contributed by atoms with van der Waals surface area (Å²) >= 11 is 0. The zero-order chi connectivity index (χ0) is 13.4. The van der Waals surface area contributed by atoms with Gasteiger partial charge in [-0.25, -0.2) is 15.0 Å². The number of anilines is 1. The van der Waals surface area contributed by atoms with Gasteiger partial charge >= 0.3 is 0 Å². The number of fused-ring (bicyclic) bond motifs is 1. The van der Waals surface area contributed by atoms with Gasteiger partial charge in [-0.15, -0.1) is 0 Å². The van der Waals surface area contributed by atoms with Crippen LogP contribution in [0.3, 0.4) is 0 Å². The van der Waals surface area contributed by atoms with Crippen LogP contribution in [-0.2, 0) is 4.74 Å². The molecule has 2 N–H and O–H groups in total. The van der Waals surface area contributed by atoms with Crippen molar-refractivity contribution in [1.82, 2.24) is 19.5 Å². The van der Waals surface area contributed by atoms with Crippen LogP contribution in [-0.4, -0.2) is 51.1 Å². The van der Waals surface area contributed by atoms with Gasteiger partial charge in [0.2, 0.25) is 0 Å². The maximum Gasteiger partial charge on any atom is 0.167 e. The highest BCUT2D eigenvalue weighted by Gasteiger charge is 2.44. The second-order valence-electron chi connectivity index (χ2n) is 4.36. The average Bonchev–Trinajstić information content (AvgIpc) is 2.82. The summed E-state index contributed by atoms with van der Waals surface area (Å²) in [5, 5.41) is 12.0. The number of aliphatic hydroxyl groups excluding tert-OH is 1. The van der Waals surface area contributed by atoms with Gasteiger partial charge < -0.3 is 15.2 Å². The highest BCUT2D eigenvalue weighted by molar-refractivity contribution is 5.82. The van der Waals surface area contributed by atoms with Gasteiger partial charge in [0.25, 0.3) is 0 Å². The van der Waals surface area contributed by atoms with Crippen molar-refractivity contribution < 1.29 is 14.2 Å². The van der Waals surface area contributed by atoms with Crippen LogP contribution in [0.4, 0.5) is 10.2 Å². The standard InChI is InChI=1S/C11H14FN5O2/c1-13-9-8-10(15-4-14-9)17(5-16-8)11-6(2-12)7(3-18)19-11/h4-7,11,18H,2-3H2,1H3,(H,13,14,15). The molecule has 3 atom stereocenters. The number of ether oxygens (including phenoxy) is 1. The van der Waals surface area contributed by atoms with Gasteiger partial charge in [0, 0.05) is 7.05 Å². The third-order valence-electron chi connectivity index (χ3n) is 3.39. The molecular weight excluding hydrogens is 253 g/mol. The van der Waals surface area contributed by atoms with Gasteiger partial charge in [0.05, 0.1) is 31.6 Å². The normalized spacial score (nSPS) is 26.4. The Morgan fingerprint density at radius 3 is 3.00 bits per heavy atom. The first-order valence-corrected chi connectivity index (χ1v) is 5.97. The summed E-state index contributed by atoms with van der Waals surface area (Å²) in [6.45, 7) is -0.742. The van der Waals surface area contributed by atoms with E-state index < -0.39 is 19.0 Å². The van der Waals surface area contributed by atoms with Gasteiger partial charge in [0.1, 0.15) is 18.1 Å². The van der Waals surface area contributed by atoms with E-state index in [2.05, 4.69) is 20.3 Å². The third kappa shape index (κ3) is 1.75. The minimum atomic E-state index is -0.556. The molecule has 3 rings (SSSR count). The second kappa shape index (κ2) is 4.71. The summed E-state index contributed by atoms with van der Waals surface area (Å²) < 4.78 is 20.1. The Kier molecular flexibility index (Phi) is 3.03. The number of halogens is 1. The Hall–Kier alpha value is -1.80. The van der Waals surface area contributed by atoms with E-state index in [0.717, 1.165) is 0 Å². The molecule has 3 heterocycles. The van der Waals surface area contributed by atoms with E-state index >= 15 is 0 Å². The predicted molar refractivity (Wildman–Crippen MR) is 65.3 cm³/mol. The highest BCUT2D eigenvalue weighted by Crippen LogP contribution is 2.38. The molecule has 1 aliphatic rings. The minimum Gasteiger partial charge on any atom is -0.394 e. The molecule has 0 aliphatic carbocycles. The fourth-order valence-corrected chi connectivity index (χ4v) is 2.32. The molecule has 2 aromatic heterocycles. The van der Waals surface area contributed by atoms with Crippen molar-refractivity contribution in [2.75, 3.05) is 25.6 Å². The first kappa shape index (κ1) is 12.2. The van der Waals surface area contributed by atoms with Gasteiger partial charge in [0.15, 0.2) is 11.5 Å². The molecule has 7 nitrogen and oxygen atoms in total. The van der Waals surface area contributed by atoms with E-state index in [9.17, 15) is 4.39 Å². The largest absolute Gasteiger partial charge is 0.394 e. The molecular formula is C11H14FN5O2. The SMILES string of the molecule is CNc1ncnc2c1ncn2C1OC(CO)C1CF. The lowest BCUT2D eigenvalue weighted by molar-refractivity contribution is -0.237. The minimum absolute atomic E-state index is 0.186. The van der Waals surface area contributed by atoms with Crippen molar-refractivity contribution >= 4 is 17.0 Å². The average molecular weight is 267 g/mol. The van der Waals surface area contributed by atoms with E-state index in [1.54, 1.807) is 17.9 Å². The zero-order valence-corrected chi connectivity index (χ0v) is 10.3. The molecule has 0 aromatic carbocycles. The Bertz CT molecular complexity index is 589. The Labute approximate surface area is 108 Å². The molecule has 1 fully saturated rings. The number of imidazole rings is 1. The van der Waals surface area contributed by atoms with Crippen LogP contribution < -0.4 is 5.32 Å². The maximum atomic E-state index is 13.0. The van der Waals surface area contributed by atoms with Gasteiger partial charge in [-0.05, 0) is 0 Å². The molecule has 1 aliphatic heterocycles. The van der Waals surface area contributed by atoms with Crippen LogP contribution in [0.5, 0.6) is 0 Å². The lowest BCUT2D eigenvalue weighted by Crippen LogP contribution is -2.48. The van der Waals surface area contributed by atoms with Crippen molar-refractivity contribution in [2.45, 2.75) is 12.3 Å². The molecule has 0 radical (unpaired) electrons. The zero-order valence-electron chi connectivity index (χ0n) is 10.3. The smallest absolute Gasteiger partial charge is 0.167 e. The summed E-state index contributed by atoms with van der Waals surface area (Å²) in [6, 6.07) is 0. The van der Waals surface area contributed by atoms with E-state index in [4.69, 9.17) is 9.84 Å². The maximum absolute atomic E-state index is 13.0. The fourth-order valence-electron chi connectivity index (χ4n) is 2.32. The first-order chi connectivity index (χ1) is 9.30. The van der Waals surface area contributed by atoms with Crippen molar-refractivity contribution in [2.24, 2.45) is 5.92 Å². The van der Waals surface area contributed by atoms with Crippen molar-refractivity contribution in [1.29, 1.82) is 0 Å². The van der Waals surface area contributed by atoms with Crippen LogP contribution in [0.25, 0.3) is 11.2 Å². The highest BCUT2D eigenvalue weighted by atomic mass is 19.1. The number of nitrogens with one attached hydrogen (secondary N) is 1. The molecule has 1 saturated heterocycles. The Morgan fingerprint density at radius 1 is 1.47 bits per heavy atom. The lowest BCUT2D eigenvalue weighted by Gasteiger charge is -2.42.